The average Bonchev–Trinajstić information content (AvgIpc) is 3.72. The van der Waals surface area contributed by atoms with E-state index in [0.29, 0.717) is 24.5 Å². The van der Waals surface area contributed by atoms with Crippen molar-refractivity contribution in [2.24, 2.45) is 5.73 Å². The number of fused-ring (bicyclic) bond motifs is 2. The van der Waals surface area contributed by atoms with Crippen LogP contribution in [0.2, 0.25) is 0 Å². The molecular weight excluding hydrogens is 517 g/mol. The molecule has 1 aromatic carbocycles. The van der Waals surface area contributed by atoms with Crippen LogP contribution in [0.3, 0.4) is 0 Å². The van der Waals surface area contributed by atoms with Crippen LogP contribution in [0, 0.1) is 5.82 Å². The van der Waals surface area contributed by atoms with Gasteiger partial charge in [0.2, 0.25) is 0 Å². The van der Waals surface area contributed by atoms with Crippen LogP contribution in [-0.2, 0) is 6.42 Å². The van der Waals surface area contributed by atoms with Crippen LogP contribution in [0.4, 0.5) is 4.39 Å². The number of likely N-dealkylation sites (tertiary alicyclic amines) is 1. The van der Waals surface area contributed by atoms with Crippen LogP contribution in [0.15, 0.2) is 78.8 Å². The minimum absolute atomic E-state index is 0.342. The third kappa shape index (κ3) is 5.12. The number of halogens is 1. The van der Waals surface area contributed by atoms with E-state index < -0.39 is 0 Å². The first-order valence-corrected chi connectivity index (χ1v) is 13.9. The number of hydrogen-bond acceptors (Lipinski definition) is 6. The normalized spacial score (nSPS) is 15.4. The molecule has 1 aliphatic carbocycles. The van der Waals surface area contributed by atoms with E-state index in [1.807, 2.05) is 42.5 Å². The molecule has 206 valence electrons. The summed E-state index contributed by atoms with van der Waals surface area (Å²) in [5.41, 5.74) is 14.5. The van der Waals surface area contributed by atoms with Gasteiger partial charge in [0.25, 0.3) is 0 Å². The summed E-state index contributed by atoms with van der Waals surface area (Å²) in [5.74, 6) is 0.178. The number of ether oxygens (including phenoxy) is 1. The van der Waals surface area contributed by atoms with Gasteiger partial charge in [0.15, 0.2) is 0 Å². The summed E-state index contributed by atoms with van der Waals surface area (Å²) in [7, 11) is 0. The van der Waals surface area contributed by atoms with Crippen molar-refractivity contribution >= 4 is 16.5 Å². The molecule has 5 aromatic rings. The first-order valence-electron chi connectivity index (χ1n) is 13.9. The second kappa shape index (κ2) is 10.7. The van der Waals surface area contributed by atoms with Crippen LogP contribution in [0.1, 0.15) is 29.7 Å². The van der Waals surface area contributed by atoms with E-state index in [1.165, 1.54) is 18.9 Å². The molecule has 5 heterocycles. The van der Waals surface area contributed by atoms with Crippen molar-refractivity contribution in [3.05, 3.63) is 101 Å². The van der Waals surface area contributed by atoms with Crippen molar-refractivity contribution in [2.75, 3.05) is 26.2 Å². The van der Waals surface area contributed by atoms with E-state index in [4.69, 9.17) is 10.5 Å². The summed E-state index contributed by atoms with van der Waals surface area (Å²) in [6, 6.07) is 14.7. The van der Waals surface area contributed by atoms with Gasteiger partial charge in [-0.05, 0) is 79.5 Å². The summed E-state index contributed by atoms with van der Waals surface area (Å²) in [4.78, 5) is 14.9. The number of nitrogens with one attached hydrogen (secondary N) is 2. The summed E-state index contributed by atoms with van der Waals surface area (Å²) in [5, 5.41) is 8.63. The molecule has 4 aromatic heterocycles. The number of aromatic amines is 2. The quantitative estimate of drug-likeness (QED) is 0.250. The van der Waals surface area contributed by atoms with Gasteiger partial charge in [0, 0.05) is 47.6 Å². The number of aromatic nitrogens is 5. The molecule has 4 N–H and O–H groups in total. The summed E-state index contributed by atoms with van der Waals surface area (Å²) < 4.78 is 20.9. The van der Waals surface area contributed by atoms with Crippen LogP contribution in [0.25, 0.3) is 39.3 Å². The monoisotopic (exact) mass is 547 g/mol. The number of benzene rings is 1. The van der Waals surface area contributed by atoms with Gasteiger partial charge in [-0.2, -0.15) is 5.10 Å². The van der Waals surface area contributed by atoms with E-state index >= 15 is 0 Å². The van der Waals surface area contributed by atoms with Gasteiger partial charge in [-0.25, -0.2) is 4.39 Å². The highest BCUT2D eigenvalue weighted by Gasteiger charge is 2.21. The van der Waals surface area contributed by atoms with E-state index in [9.17, 15) is 4.39 Å². The van der Waals surface area contributed by atoms with Gasteiger partial charge in [-0.1, -0.05) is 12.1 Å². The average molecular weight is 548 g/mol. The minimum atomic E-state index is -0.342. The van der Waals surface area contributed by atoms with E-state index in [2.05, 4.69) is 36.1 Å². The van der Waals surface area contributed by atoms with Gasteiger partial charge in [0.1, 0.15) is 23.9 Å². The van der Waals surface area contributed by atoms with Crippen molar-refractivity contribution < 1.29 is 9.13 Å². The number of hydrogen-bond donors (Lipinski definition) is 3. The fourth-order valence-corrected chi connectivity index (χ4v) is 5.68. The van der Waals surface area contributed by atoms with Gasteiger partial charge < -0.3 is 15.5 Å². The van der Waals surface area contributed by atoms with E-state index in [0.717, 1.165) is 75.7 Å². The molecule has 9 heteroatoms. The second-order valence-corrected chi connectivity index (χ2v) is 10.5. The molecule has 41 heavy (non-hydrogen) atoms. The summed E-state index contributed by atoms with van der Waals surface area (Å²) in [6.45, 7) is 3.57. The molecule has 0 saturated carbocycles. The Balaban J connectivity index is 1.23. The topological polar surface area (TPSA) is 109 Å². The maximum absolute atomic E-state index is 14.9. The number of nitrogens with two attached hydrogens (primary N) is 1. The zero-order valence-electron chi connectivity index (χ0n) is 22.5. The molecular formula is C32H30FN7O. The maximum Gasteiger partial charge on any atom is 0.127 e. The van der Waals surface area contributed by atoms with Crippen LogP contribution >= 0.6 is 0 Å². The minimum Gasteiger partial charge on any atom is -0.492 e. The molecule has 0 radical (unpaired) electrons. The van der Waals surface area contributed by atoms with E-state index in [1.54, 1.807) is 18.5 Å². The van der Waals surface area contributed by atoms with Gasteiger partial charge in [-0.15, -0.1) is 0 Å². The smallest absolute Gasteiger partial charge is 0.127 e. The van der Waals surface area contributed by atoms with Crippen molar-refractivity contribution in [1.29, 1.82) is 0 Å². The van der Waals surface area contributed by atoms with E-state index in [-0.39, 0.29) is 5.82 Å². The third-order valence-corrected chi connectivity index (χ3v) is 7.72. The molecule has 0 amide bonds. The van der Waals surface area contributed by atoms with Crippen LogP contribution < -0.4 is 10.5 Å². The Kier molecular flexibility index (Phi) is 6.56. The second-order valence-electron chi connectivity index (χ2n) is 10.5. The van der Waals surface area contributed by atoms with Crippen LogP contribution in [-0.4, -0.2) is 56.3 Å². The molecule has 7 rings (SSSR count). The number of nitrogens with zero attached hydrogens (tertiary/aromatic N) is 4. The molecule has 1 fully saturated rings. The first kappa shape index (κ1) is 25.2. The molecule has 0 unspecified atom stereocenters. The zero-order chi connectivity index (χ0) is 27.8. The van der Waals surface area contributed by atoms with Crippen molar-refractivity contribution in [2.45, 2.75) is 19.3 Å². The highest BCUT2D eigenvalue weighted by molar-refractivity contribution is 5.95. The number of H-pyrrole nitrogens is 2. The lowest BCUT2D eigenvalue weighted by Crippen LogP contribution is -2.25. The molecule has 0 atom stereocenters. The van der Waals surface area contributed by atoms with Gasteiger partial charge >= 0.3 is 0 Å². The fraction of sp³-hybridized carbons (Fsp3) is 0.219. The molecule has 8 nitrogen and oxygen atoms in total. The molecule has 1 saturated heterocycles. The Bertz CT molecular complexity index is 1780. The molecule has 2 aliphatic rings. The Labute approximate surface area is 236 Å². The third-order valence-electron chi connectivity index (χ3n) is 7.72. The number of allylic oxidation sites excluding steroid dienone is 3. The lowest BCUT2D eigenvalue weighted by Gasteiger charge is -2.16. The number of rotatable bonds is 7. The molecule has 1 aliphatic heterocycles. The SMILES string of the molecule is NC1=CC=C(c2cc(F)cc(OCCN3CCCC3)c2)c2cc(-c3n[nH]c4cnc(-c5ccccn5)cc34)[nH]c2C1. The number of pyridine rings is 2. The predicted octanol–water partition coefficient (Wildman–Crippen LogP) is 5.46. The Morgan fingerprint density at radius 3 is 2.76 bits per heavy atom. The molecule has 0 spiro atoms. The molecule has 0 bridgehead atoms. The predicted molar refractivity (Wildman–Crippen MR) is 158 cm³/mol. The standard InChI is InChI=1S/C32H30FN7O/c33-21-13-20(14-23(15-21)41-12-11-40-9-3-4-10-40)24-7-6-22(34)16-28-25(24)17-30(37-28)32-26-18-29(27-5-1-2-8-35-27)36-19-31(26)38-39-32/h1-2,5-8,13-15,17-19,37H,3-4,9-12,16,34H2,(H,38,39). The van der Waals surface area contributed by atoms with Gasteiger partial charge in [-0.3, -0.25) is 20.0 Å². The summed E-state index contributed by atoms with van der Waals surface area (Å²) in [6.07, 6.45) is 10.4. The Hall–Kier alpha value is -4.76. The summed E-state index contributed by atoms with van der Waals surface area (Å²) >= 11 is 0. The highest BCUT2D eigenvalue weighted by Crippen LogP contribution is 2.36. The fourth-order valence-electron chi connectivity index (χ4n) is 5.68. The van der Waals surface area contributed by atoms with Crippen LogP contribution in [0.5, 0.6) is 5.75 Å². The zero-order valence-corrected chi connectivity index (χ0v) is 22.5. The van der Waals surface area contributed by atoms with Crippen molar-refractivity contribution in [3.8, 4) is 28.5 Å². The Morgan fingerprint density at radius 1 is 1.00 bits per heavy atom. The highest BCUT2D eigenvalue weighted by atomic mass is 19.1. The lowest BCUT2D eigenvalue weighted by molar-refractivity contribution is 0.237. The largest absolute Gasteiger partial charge is 0.492 e. The Morgan fingerprint density at radius 2 is 1.90 bits per heavy atom. The van der Waals surface area contributed by atoms with Crippen molar-refractivity contribution in [1.82, 2.24) is 30.0 Å². The van der Waals surface area contributed by atoms with Crippen molar-refractivity contribution in [3.63, 3.8) is 0 Å². The maximum atomic E-state index is 14.9. The lowest BCUT2D eigenvalue weighted by atomic mass is 9.97. The van der Waals surface area contributed by atoms with Gasteiger partial charge in [0.05, 0.1) is 28.8 Å². The first-order chi connectivity index (χ1) is 20.1.